The molecule has 2 atom stereocenters. The van der Waals surface area contributed by atoms with Gasteiger partial charge < -0.3 is 0 Å². The highest BCUT2D eigenvalue weighted by Gasteiger charge is 2.27. The highest BCUT2D eigenvalue weighted by atomic mass is 35.5. The fraction of sp³-hybridized carbons (Fsp3) is 0.917. The number of halogens is 1. The number of tetrazole rings is 1. The van der Waals surface area contributed by atoms with E-state index in [2.05, 4.69) is 22.4 Å². The molecule has 1 saturated carbocycles. The van der Waals surface area contributed by atoms with E-state index >= 15 is 0 Å². The lowest BCUT2D eigenvalue weighted by atomic mass is 9.83. The Hall–Kier alpha value is -0.640. The summed E-state index contributed by atoms with van der Waals surface area (Å²) < 4.78 is 1.97. The number of aromatic nitrogens is 4. The summed E-state index contributed by atoms with van der Waals surface area (Å²) >= 11 is 6.13. The maximum Gasteiger partial charge on any atom is 0.169 e. The smallest absolute Gasteiger partial charge is 0.169 e. The molecule has 0 spiro atoms. The van der Waals surface area contributed by atoms with Crippen molar-refractivity contribution in [3.05, 3.63) is 5.82 Å². The lowest BCUT2D eigenvalue weighted by molar-refractivity contribution is 0.222. The molecule has 17 heavy (non-hydrogen) atoms. The molecule has 0 saturated heterocycles. The predicted octanol–water partition coefficient (Wildman–Crippen LogP) is 3.50. The first-order valence-electron chi connectivity index (χ1n) is 6.65. The molecule has 1 fully saturated rings. The van der Waals surface area contributed by atoms with Crippen LogP contribution in [0.2, 0.25) is 0 Å². The van der Waals surface area contributed by atoms with Gasteiger partial charge in [-0.15, -0.1) is 16.7 Å². The van der Waals surface area contributed by atoms with E-state index in [0.29, 0.717) is 12.0 Å². The van der Waals surface area contributed by atoms with Crippen LogP contribution < -0.4 is 0 Å². The van der Waals surface area contributed by atoms with Gasteiger partial charge in [0.1, 0.15) is 0 Å². The number of rotatable bonds is 4. The van der Waals surface area contributed by atoms with Crippen LogP contribution in [0.5, 0.6) is 0 Å². The first-order chi connectivity index (χ1) is 8.24. The van der Waals surface area contributed by atoms with E-state index in [9.17, 15) is 0 Å². The van der Waals surface area contributed by atoms with Crippen molar-refractivity contribution in [2.45, 2.75) is 63.8 Å². The fourth-order valence-corrected chi connectivity index (χ4v) is 3.07. The van der Waals surface area contributed by atoms with Crippen molar-refractivity contribution in [1.29, 1.82) is 0 Å². The average Bonchev–Trinajstić information content (AvgIpc) is 2.81. The summed E-state index contributed by atoms with van der Waals surface area (Å²) in [6.07, 6.45) is 7.74. The first-order valence-corrected chi connectivity index (χ1v) is 7.09. The Morgan fingerprint density at radius 3 is 2.65 bits per heavy atom. The third kappa shape index (κ3) is 2.79. The van der Waals surface area contributed by atoms with Gasteiger partial charge in [-0.1, -0.05) is 26.2 Å². The normalized spacial score (nSPS) is 21.4. The average molecular weight is 257 g/mol. The van der Waals surface area contributed by atoms with Crippen LogP contribution in [-0.2, 0) is 0 Å². The Balaban J connectivity index is 2.18. The van der Waals surface area contributed by atoms with Gasteiger partial charge in [0.15, 0.2) is 5.82 Å². The minimum absolute atomic E-state index is 0.123. The summed E-state index contributed by atoms with van der Waals surface area (Å²) in [5.74, 6) is 1.52. The standard InChI is InChI=1S/C12H21ClN4/c1-3-11(10-7-5-4-6-8-10)17-12(9(2)13)14-15-16-17/h9-11H,3-8H2,1-2H3. The monoisotopic (exact) mass is 256 g/mol. The van der Waals surface area contributed by atoms with E-state index < -0.39 is 0 Å². The molecule has 5 heteroatoms. The zero-order valence-corrected chi connectivity index (χ0v) is 11.4. The van der Waals surface area contributed by atoms with Crippen LogP contribution >= 0.6 is 11.6 Å². The van der Waals surface area contributed by atoms with E-state index in [4.69, 9.17) is 11.6 Å². The molecule has 1 aromatic rings. The topological polar surface area (TPSA) is 43.6 Å². The summed E-state index contributed by atoms with van der Waals surface area (Å²) in [6, 6.07) is 0.418. The van der Waals surface area contributed by atoms with Crippen LogP contribution in [0, 0.1) is 5.92 Å². The molecule has 1 aliphatic carbocycles. The van der Waals surface area contributed by atoms with Crippen LogP contribution in [-0.4, -0.2) is 20.2 Å². The van der Waals surface area contributed by atoms with Crippen molar-refractivity contribution in [3.63, 3.8) is 0 Å². The lowest BCUT2D eigenvalue weighted by Gasteiger charge is -2.30. The van der Waals surface area contributed by atoms with Gasteiger partial charge in [0, 0.05) is 0 Å². The molecule has 1 aliphatic rings. The van der Waals surface area contributed by atoms with Crippen molar-refractivity contribution in [3.8, 4) is 0 Å². The quantitative estimate of drug-likeness (QED) is 0.775. The minimum Gasteiger partial charge on any atom is -0.225 e. The largest absolute Gasteiger partial charge is 0.225 e. The highest BCUT2D eigenvalue weighted by molar-refractivity contribution is 6.20. The minimum atomic E-state index is -0.123. The van der Waals surface area contributed by atoms with Gasteiger partial charge in [0.2, 0.25) is 0 Å². The van der Waals surface area contributed by atoms with Crippen molar-refractivity contribution < 1.29 is 0 Å². The Morgan fingerprint density at radius 1 is 1.35 bits per heavy atom. The van der Waals surface area contributed by atoms with Gasteiger partial charge in [-0.2, -0.15) is 0 Å². The van der Waals surface area contributed by atoms with E-state index in [0.717, 1.165) is 12.2 Å². The summed E-state index contributed by atoms with van der Waals surface area (Å²) in [5.41, 5.74) is 0. The Morgan fingerprint density at radius 2 is 2.06 bits per heavy atom. The van der Waals surface area contributed by atoms with E-state index in [1.807, 2.05) is 11.6 Å². The summed E-state index contributed by atoms with van der Waals surface area (Å²) in [7, 11) is 0. The second-order valence-electron chi connectivity index (χ2n) is 4.97. The van der Waals surface area contributed by atoms with Gasteiger partial charge in [0.25, 0.3) is 0 Å². The molecule has 0 N–H and O–H groups in total. The van der Waals surface area contributed by atoms with Gasteiger partial charge in [-0.3, -0.25) is 0 Å². The van der Waals surface area contributed by atoms with E-state index in [1.165, 1.54) is 32.1 Å². The molecule has 1 aromatic heterocycles. The number of hydrogen-bond acceptors (Lipinski definition) is 3. The molecule has 1 heterocycles. The molecule has 2 rings (SSSR count). The van der Waals surface area contributed by atoms with Crippen LogP contribution in [0.1, 0.15) is 69.6 Å². The molecule has 0 aliphatic heterocycles. The second-order valence-corrected chi connectivity index (χ2v) is 5.63. The second kappa shape index (κ2) is 5.80. The molecule has 0 bridgehead atoms. The van der Waals surface area contributed by atoms with Crippen molar-refractivity contribution in [2.75, 3.05) is 0 Å². The third-order valence-electron chi connectivity index (χ3n) is 3.80. The molecule has 4 nitrogen and oxygen atoms in total. The Labute approximate surface area is 108 Å². The van der Waals surface area contributed by atoms with Crippen LogP contribution in [0.25, 0.3) is 0 Å². The van der Waals surface area contributed by atoms with Crippen molar-refractivity contribution in [2.24, 2.45) is 5.92 Å². The Bertz CT molecular complexity index is 344. The third-order valence-corrected chi connectivity index (χ3v) is 4.00. The van der Waals surface area contributed by atoms with Crippen molar-refractivity contribution >= 4 is 11.6 Å². The molecule has 0 aromatic carbocycles. The number of nitrogens with zero attached hydrogens (tertiary/aromatic N) is 4. The predicted molar refractivity (Wildman–Crippen MR) is 68.0 cm³/mol. The van der Waals surface area contributed by atoms with Crippen molar-refractivity contribution in [1.82, 2.24) is 20.2 Å². The van der Waals surface area contributed by atoms with Gasteiger partial charge in [-0.25, -0.2) is 4.68 Å². The maximum absolute atomic E-state index is 6.13. The SMILES string of the molecule is CCC(C1CCCCC1)n1nnnc1C(C)Cl. The fourth-order valence-electron chi connectivity index (χ4n) is 2.92. The van der Waals surface area contributed by atoms with Crippen LogP contribution in [0.4, 0.5) is 0 Å². The lowest BCUT2D eigenvalue weighted by Crippen LogP contribution is -2.24. The van der Waals surface area contributed by atoms with Crippen LogP contribution in [0.15, 0.2) is 0 Å². The van der Waals surface area contributed by atoms with Gasteiger partial charge >= 0.3 is 0 Å². The molecule has 2 unspecified atom stereocenters. The number of hydrogen-bond donors (Lipinski definition) is 0. The van der Waals surface area contributed by atoms with Crippen LogP contribution in [0.3, 0.4) is 0 Å². The molecular weight excluding hydrogens is 236 g/mol. The van der Waals surface area contributed by atoms with E-state index in [-0.39, 0.29) is 5.38 Å². The Kier molecular flexibility index (Phi) is 4.37. The molecular formula is C12H21ClN4. The van der Waals surface area contributed by atoms with E-state index in [1.54, 1.807) is 0 Å². The summed E-state index contributed by atoms with van der Waals surface area (Å²) in [4.78, 5) is 0. The summed E-state index contributed by atoms with van der Waals surface area (Å²) in [5, 5.41) is 11.9. The number of alkyl halides is 1. The zero-order chi connectivity index (χ0) is 12.3. The maximum atomic E-state index is 6.13. The van der Waals surface area contributed by atoms with Gasteiger partial charge in [-0.05, 0) is 42.5 Å². The van der Waals surface area contributed by atoms with Gasteiger partial charge in [0.05, 0.1) is 11.4 Å². The summed E-state index contributed by atoms with van der Waals surface area (Å²) in [6.45, 7) is 4.14. The molecule has 96 valence electrons. The highest BCUT2D eigenvalue weighted by Crippen LogP contribution is 2.35. The molecule has 0 amide bonds. The zero-order valence-electron chi connectivity index (χ0n) is 10.6. The molecule has 0 radical (unpaired) electrons. The first kappa shape index (κ1) is 12.8.